The van der Waals surface area contributed by atoms with Crippen molar-refractivity contribution < 1.29 is 22.4 Å². The lowest BCUT2D eigenvalue weighted by molar-refractivity contribution is -0.137. The highest BCUT2D eigenvalue weighted by Crippen LogP contribution is 2.29. The van der Waals surface area contributed by atoms with E-state index in [0.29, 0.717) is 5.56 Å². The van der Waals surface area contributed by atoms with Crippen molar-refractivity contribution in [1.29, 1.82) is 0 Å². The van der Waals surface area contributed by atoms with E-state index in [1.807, 2.05) is 0 Å². The highest BCUT2D eigenvalue weighted by atomic mass is 19.4. The normalized spacial score (nSPS) is 11.5. The van der Waals surface area contributed by atoms with Crippen molar-refractivity contribution in [2.45, 2.75) is 19.0 Å². The molecule has 0 saturated carbocycles. The molecule has 1 aromatic carbocycles. The smallest absolute Gasteiger partial charge is 0.416 e. The zero-order chi connectivity index (χ0) is 13.9. The standard InChI is InChI=1S/C14H11F3O2/c15-14(16,17)12-3-1-2-10(6-12)7-13(18)8-11-4-5-19-9-11/h1-6,9H,7-8H2. The Bertz CT molecular complexity index is 556. The number of ketones is 1. The molecule has 100 valence electrons. The molecule has 2 rings (SSSR count). The molecule has 0 spiro atoms. The van der Waals surface area contributed by atoms with Crippen LogP contribution in [0.1, 0.15) is 16.7 Å². The van der Waals surface area contributed by atoms with Crippen LogP contribution in [0.3, 0.4) is 0 Å². The topological polar surface area (TPSA) is 30.2 Å². The fourth-order valence-corrected chi connectivity index (χ4v) is 1.77. The third-order valence-corrected chi connectivity index (χ3v) is 2.64. The van der Waals surface area contributed by atoms with Gasteiger partial charge in [0.25, 0.3) is 0 Å². The fraction of sp³-hybridized carbons (Fsp3) is 0.214. The van der Waals surface area contributed by atoms with E-state index < -0.39 is 11.7 Å². The minimum absolute atomic E-state index is 0.0188. The predicted molar refractivity (Wildman–Crippen MR) is 62.6 cm³/mol. The van der Waals surface area contributed by atoms with Gasteiger partial charge in [0.05, 0.1) is 18.1 Å². The van der Waals surface area contributed by atoms with Crippen LogP contribution in [0.25, 0.3) is 0 Å². The first-order chi connectivity index (χ1) is 8.95. The summed E-state index contributed by atoms with van der Waals surface area (Å²) in [5, 5.41) is 0. The van der Waals surface area contributed by atoms with Crippen LogP contribution in [-0.2, 0) is 23.8 Å². The van der Waals surface area contributed by atoms with Crippen molar-refractivity contribution in [2.75, 3.05) is 0 Å². The lowest BCUT2D eigenvalue weighted by Crippen LogP contribution is -2.09. The minimum Gasteiger partial charge on any atom is -0.472 e. The number of carbonyl (C=O) groups is 1. The molecular formula is C14H11F3O2. The van der Waals surface area contributed by atoms with Crippen LogP contribution in [0, 0.1) is 0 Å². The molecule has 0 N–H and O–H groups in total. The first-order valence-electron chi connectivity index (χ1n) is 5.64. The van der Waals surface area contributed by atoms with Gasteiger partial charge in [0.2, 0.25) is 0 Å². The number of Topliss-reactive ketones (excluding diaryl/α,β-unsaturated/α-hetero) is 1. The van der Waals surface area contributed by atoms with Gasteiger partial charge in [0, 0.05) is 12.8 Å². The van der Waals surface area contributed by atoms with Gasteiger partial charge in [-0.25, -0.2) is 0 Å². The maximum absolute atomic E-state index is 12.5. The number of hydrogen-bond acceptors (Lipinski definition) is 2. The van der Waals surface area contributed by atoms with E-state index in [2.05, 4.69) is 0 Å². The van der Waals surface area contributed by atoms with E-state index in [9.17, 15) is 18.0 Å². The summed E-state index contributed by atoms with van der Waals surface area (Å²) in [4.78, 5) is 11.7. The summed E-state index contributed by atoms with van der Waals surface area (Å²) in [6.45, 7) is 0. The van der Waals surface area contributed by atoms with Crippen molar-refractivity contribution in [3.8, 4) is 0 Å². The minimum atomic E-state index is -4.39. The van der Waals surface area contributed by atoms with Crippen molar-refractivity contribution in [3.05, 3.63) is 59.5 Å². The molecule has 0 atom stereocenters. The van der Waals surface area contributed by atoms with Crippen LogP contribution in [0.4, 0.5) is 13.2 Å². The summed E-state index contributed by atoms with van der Waals surface area (Å²) >= 11 is 0. The summed E-state index contributed by atoms with van der Waals surface area (Å²) < 4.78 is 42.4. The molecule has 1 aromatic heterocycles. The van der Waals surface area contributed by atoms with Gasteiger partial charge in [-0.3, -0.25) is 4.79 Å². The molecule has 0 saturated heterocycles. The number of carbonyl (C=O) groups excluding carboxylic acids is 1. The van der Waals surface area contributed by atoms with Gasteiger partial charge < -0.3 is 4.42 Å². The number of halogens is 3. The van der Waals surface area contributed by atoms with Crippen LogP contribution in [0.15, 0.2) is 47.3 Å². The average Bonchev–Trinajstić information content (AvgIpc) is 2.80. The maximum atomic E-state index is 12.5. The van der Waals surface area contributed by atoms with E-state index in [1.54, 1.807) is 6.07 Å². The highest BCUT2D eigenvalue weighted by Gasteiger charge is 2.30. The Kier molecular flexibility index (Phi) is 3.74. The Morgan fingerprint density at radius 1 is 1.11 bits per heavy atom. The summed E-state index contributed by atoms with van der Waals surface area (Å²) in [6.07, 6.45) is -1.34. The van der Waals surface area contributed by atoms with Gasteiger partial charge in [0.15, 0.2) is 0 Å². The molecular weight excluding hydrogens is 257 g/mol. The summed E-state index contributed by atoms with van der Waals surface area (Å²) in [6, 6.07) is 6.48. The first-order valence-corrected chi connectivity index (χ1v) is 5.64. The lowest BCUT2D eigenvalue weighted by Gasteiger charge is -2.08. The molecule has 0 bridgehead atoms. The second-order valence-electron chi connectivity index (χ2n) is 4.22. The Balaban J connectivity index is 2.05. The first kappa shape index (κ1) is 13.4. The van der Waals surface area contributed by atoms with Crippen molar-refractivity contribution >= 4 is 5.78 Å². The molecule has 1 heterocycles. The van der Waals surface area contributed by atoms with Crippen LogP contribution in [0.5, 0.6) is 0 Å². The van der Waals surface area contributed by atoms with Crippen molar-refractivity contribution in [2.24, 2.45) is 0 Å². The molecule has 0 amide bonds. The predicted octanol–water partition coefficient (Wildman–Crippen LogP) is 3.65. The quantitative estimate of drug-likeness (QED) is 0.847. The van der Waals surface area contributed by atoms with Gasteiger partial charge in [0.1, 0.15) is 5.78 Å². The Labute approximate surface area is 107 Å². The third kappa shape index (κ3) is 3.71. The highest BCUT2D eigenvalue weighted by molar-refractivity contribution is 5.83. The second kappa shape index (κ2) is 5.30. The SMILES string of the molecule is O=C(Cc1ccoc1)Cc1cccc(C(F)(F)F)c1. The maximum Gasteiger partial charge on any atom is 0.416 e. The fourth-order valence-electron chi connectivity index (χ4n) is 1.77. The van der Waals surface area contributed by atoms with Crippen LogP contribution in [0.2, 0.25) is 0 Å². The van der Waals surface area contributed by atoms with Crippen LogP contribution < -0.4 is 0 Å². The van der Waals surface area contributed by atoms with Gasteiger partial charge in [-0.15, -0.1) is 0 Å². The van der Waals surface area contributed by atoms with E-state index in [-0.39, 0.29) is 18.6 Å². The molecule has 0 aliphatic rings. The van der Waals surface area contributed by atoms with E-state index in [1.165, 1.54) is 24.7 Å². The number of rotatable bonds is 4. The summed E-state index contributed by atoms with van der Waals surface area (Å²) in [5.41, 5.74) is 0.349. The Hall–Kier alpha value is -2.04. The Morgan fingerprint density at radius 3 is 2.47 bits per heavy atom. The zero-order valence-corrected chi connectivity index (χ0v) is 9.91. The zero-order valence-electron chi connectivity index (χ0n) is 9.91. The van der Waals surface area contributed by atoms with E-state index in [0.717, 1.165) is 17.7 Å². The molecule has 5 heteroatoms. The average molecular weight is 268 g/mol. The number of hydrogen-bond donors (Lipinski definition) is 0. The summed E-state index contributed by atoms with van der Waals surface area (Å²) in [5.74, 6) is -0.152. The largest absolute Gasteiger partial charge is 0.472 e. The van der Waals surface area contributed by atoms with Gasteiger partial charge in [-0.2, -0.15) is 13.2 Å². The molecule has 2 nitrogen and oxygen atoms in total. The lowest BCUT2D eigenvalue weighted by atomic mass is 10.0. The van der Waals surface area contributed by atoms with Gasteiger partial charge in [-0.05, 0) is 23.3 Å². The van der Waals surface area contributed by atoms with Crippen LogP contribution in [-0.4, -0.2) is 5.78 Å². The van der Waals surface area contributed by atoms with Gasteiger partial charge >= 0.3 is 6.18 Å². The number of benzene rings is 1. The van der Waals surface area contributed by atoms with Crippen molar-refractivity contribution in [3.63, 3.8) is 0 Å². The van der Waals surface area contributed by atoms with Gasteiger partial charge in [-0.1, -0.05) is 18.2 Å². The van der Waals surface area contributed by atoms with Crippen molar-refractivity contribution in [1.82, 2.24) is 0 Å². The molecule has 19 heavy (non-hydrogen) atoms. The molecule has 0 unspecified atom stereocenters. The monoisotopic (exact) mass is 268 g/mol. The summed E-state index contributed by atoms with van der Waals surface area (Å²) in [7, 11) is 0. The molecule has 0 radical (unpaired) electrons. The number of alkyl halides is 3. The second-order valence-corrected chi connectivity index (χ2v) is 4.22. The molecule has 0 aliphatic heterocycles. The third-order valence-electron chi connectivity index (χ3n) is 2.64. The van der Waals surface area contributed by atoms with E-state index >= 15 is 0 Å². The molecule has 0 aliphatic carbocycles. The van der Waals surface area contributed by atoms with Crippen LogP contribution >= 0.6 is 0 Å². The Morgan fingerprint density at radius 2 is 1.84 bits per heavy atom. The van der Waals surface area contributed by atoms with E-state index in [4.69, 9.17) is 4.42 Å². The molecule has 2 aromatic rings. The number of furan rings is 1. The molecule has 0 fully saturated rings.